The topological polar surface area (TPSA) is 73.1 Å². The van der Waals surface area contributed by atoms with E-state index in [0.717, 1.165) is 5.56 Å². The first-order valence-corrected chi connectivity index (χ1v) is 7.84. The largest absolute Gasteiger partial charge is 0.369 e. The van der Waals surface area contributed by atoms with E-state index in [9.17, 15) is 14.0 Å². The van der Waals surface area contributed by atoms with Gasteiger partial charge in [0.05, 0.1) is 17.6 Å². The van der Waals surface area contributed by atoms with Gasteiger partial charge in [0.25, 0.3) is 0 Å². The van der Waals surface area contributed by atoms with Gasteiger partial charge in [-0.3, -0.25) is 14.6 Å². The zero-order valence-electron chi connectivity index (χ0n) is 14.0. The lowest BCUT2D eigenvalue weighted by Crippen LogP contribution is -2.15. The smallest absolute Gasteiger partial charge is 0.223 e. The fraction of sp³-hybridized carbons (Fsp3) is 0.150. The summed E-state index contributed by atoms with van der Waals surface area (Å²) in [5.74, 6) is -0.924. The van der Waals surface area contributed by atoms with Crippen molar-refractivity contribution in [3.05, 3.63) is 65.1 Å². The van der Waals surface area contributed by atoms with Crippen molar-refractivity contribution in [1.29, 1.82) is 0 Å². The molecule has 0 saturated carbocycles. The van der Waals surface area contributed by atoms with Gasteiger partial charge in [0.15, 0.2) is 5.78 Å². The first-order chi connectivity index (χ1) is 11.8. The second-order valence-electron chi connectivity index (χ2n) is 6.07. The van der Waals surface area contributed by atoms with E-state index in [-0.39, 0.29) is 18.0 Å². The molecule has 3 aromatic rings. The number of ketones is 1. The molecule has 0 aliphatic rings. The van der Waals surface area contributed by atoms with E-state index >= 15 is 0 Å². The van der Waals surface area contributed by atoms with Crippen molar-refractivity contribution in [3.8, 4) is 11.1 Å². The van der Waals surface area contributed by atoms with Crippen molar-refractivity contribution in [2.75, 3.05) is 0 Å². The van der Waals surface area contributed by atoms with Crippen molar-refractivity contribution in [3.63, 3.8) is 0 Å². The lowest BCUT2D eigenvalue weighted by Gasteiger charge is -2.13. The summed E-state index contributed by atoms with van der Waals surface area (Å²) in [6, 6.07) is 11.4. The minimum atomic E-state index is -0.505. The highest BCUT2D eigenvalue weighted by atomic mass is 19.1. The van der Waals surface area contributed by atoms with Gasteiger partial charge in [0, 0.05) is 16.5 Å². The van der Waals surface area contributed by atoms with Crippen LogP contribution in [0.3, 0.4) is 0 Å². The van der Waals surface area contributed by atoms with Crippen molar-refractivity contribution in [2.45, 2.75) is 20.3 Å². The zero-order chi connectivity index (χ0) is 18.1. The van der Waals surface area contributed by atoms with Gasteiger partial charge in [0.1, 0.15) is 5.82 Å². The maximum absolute atomic E-state index is 13.2. The van der Waals surface area contributed by atoms with Crippen LogP contribution in [-0.4, -0.2) is 16.7 Å². The van der Waals surface area contributed by atoms with Crippen molar-refractivity contribution < 1.29 is 14.0 Å². The quantitative estimate of drug-likeness (QED) is 0.740. The van der Waals surface area contributed by atoms with Crippen LogP contribution in [0.25, 0.3) is 22.0 Å². The summed E-state index contributed by atoms with van der Waals surface area (Å²) in [6.07, 6.45) is -0.0357. The van der Waals surface area contributed by atoms with Gasteiger partial charge in [-0.2, -0.15) is 0 Å². The maximum atomic E-state index is 13.2. The molecule has 1 heterocycles. The van der Waals surface area contributed by atoms with Gasteiger partial charge < -0.3 is 5.73 Å². The Labute approximate surface area is 144 Å². The number of hydrogen-bond donors (Lipinski definition) is 1. The van der Waals surface area contributed by atoms with E-state index in [0.29, 0.717) is 33.3 Å². The van der Waals surface area contributed by atoms with Crippen LogP contribution in [0.5, 0.6) is 0 Å². The number of pyridine rings is 1. The molecule has 25 heavy (non-hydrogen) atoms. The van der Waals surface area contributed by atoms with Crippen LogP contribution in [0.15, 0.2) is 42.5 Å². The molecule has 0 aliphatic heterocycles. The first-order valence-electron chi connectivity index (χ1n) is 7.84. The lowest BCUT2D eigenvalue weighted by atomic mass is 9.95. The van der Waals surface area contributed by atoms with Crippen molar-refractivity contribution in [2.24, 2.45) is 5.73 Å². The molecule has 126 valence electrons. The highest BCUT2D eigenvalue weighted by molar-refractivity contribution is 6.07. The maximum Gasteiger partial charge on any atom is 0.223 e. The number of amides is 1. The molecule has 0 saturated heterocycles. The summed E-state index contributed by atoms with van der Waals surface area (Å²) in [6.45, 7) is 3.39. The number of primary amides is 1. The van der Waals surface area contributed by atoms with E-state index in [1.807, 2.05) is 25.1 Å². The fourth-order valence-electron chi connectivity index (χ4n) is 2.93. The van der Waals surface area contributed by atoms with Crippen LogP contribution in [0.2, 0.25) is 0 Å². The number of halogens is 1. The van der Waals surface area contributed by atoms with Gasteiger partial charge in [0.2, 0.25) is 5.91 Å². The number of rotatable bonds is 4. The molecule has 0 atom stereocenters. The molecule has 0 fully saturated rings. The van der Waals surface area contributed by atoms with Crippen LogP contribution in [0, 0.1) is 12.7 Å². The highest BCUT2D eigenvalue weighted by Crippen LogP contribution is 2.30. The fourth-order valence-corrected chi connectivity index (χ4v) is 2.93. The SMILES string of the molecule is CC(=O)c1cc(C)cc2nc(CC(N)=O)c(-c3ccc(F)cc3)cc12. The third-order valence-electron chi connectivity index (χ3n) is 4.03. The first kappa shape index (κ1) is 16.8. The molecular weight excluding hydrogens is 319 g/mol. The average molecular weight is 336 g/mol. The van der Waals surface area contributed by atoms with Crippen LogP contribution in [0.4, 0.5) is 4.39 Å². The van der Waals surface area contributed by atoms with Gasteiger partial charge in [-0.25, -0.2) is 4.39 Å². The van der Waals surface area contributed by atoms with Gasteiger partial charge in [-0.15, -0.1) is 0 Å². The molecule has 1 aromatic heterocycles. The molecule has 2 aromatic carbocycles. The molecule has 4 nitrogen and oxygen atoms in total. The molecular formula is C20H17FN2O2. The standard InChI is InChI=1S/C20H17FN2O2/c1-11-7-15(12(2)24)17-9-16(13-3-5-14(21)6-4-13)19(10-20(22)25)23-18(17)8-11/h3-9H,10H2,1-2H3,(H2,22,25). The number of carbonyl (C=O) groups is 2. The van der Waals surface area contributed by atoms with E-state index in [4.69, 9.17) is 5.73 Å². The lowest BCUT2D eigenvalue weighted by molar-refractivity contribution is -0.117. The van der Waals surface area contributed by atoms with Gasteiger partial charge in [-0.05, 0) is 55.3 Å². The monoisotopic (exact) mass is 336 g/mol. The summed E-state index contributed by atoms with van der Waals surface area (Å²) in [5, 5.41) is 0.700. The molecule has 2 N–H and O–H groups in total. The molecule has 3 rings (SSSR count). The van der Waals surface area contributed by atoms with Crippen LogP contribution in [-0.2, 0) is 11.2 Å². The van der Waals surface area contributed by atoms with Crippen molar-refractivity contribution in [1.82, 2.24) is 4.98 Å². The highest BCUT2D eigenvalue weighted by Gasteiger charge is 2.15. The number of Topliss-reactive ketones (excluding diaryl/α,β-unsaturated/α-hetero) is 1. The number of hydrogen-bond acceptors (Lipinski definition) is 3. The molecule has 0 radical (unpaired) electrons. The number of benzene rings is 2. The Bertz CT molecular complexity index is 995. The minimum Gasteiger partial charge on any atom is -0.369 e. The number of nitrogens with two attached hydrogens (primary N) is 1. The predicted octanol–water partition coefficient (Wildman–Crippen LogP) is 3.58. The van der Waals surface area contributed by atoms with Crippen molar-refractivity contribution >= 4 is 22.6 Å². The zero-order valence-corrected chi connectivity index (χ0v) is 14.0. The Morgan fingerprint density at radius 2 is 1.80 bits per heavy atom. The number of carbonyl (C=O) groups excluding carboxylic acids is 2. The summed E-state index contributed by atoms with van der Waals surface area (Å²) < 4.78 is 13.2. The molecule has 0 unspecified atom stereocenters. The number of nitrogens with zero attached hydrogens (tertiary/aromatic N) is 1. The summed E-state index contributed by atoms with van der Waals surface area (Å²) in [4.78, 5) is 28.0. The van der Waals surface area contributed by atoms with Crippen LogP contribution < -0.4 is 5.73 Å². The molecule has 0 aliphatic carbocycles. The Balaban J connectivity index is 2.33. The van der Waals surface area contributed by atoms with Crippen LogP contribution >= 0.6 is 0 Å². The minimum absolute atomic E-state index is 0.0357. The Morgan fingerprint density at radius 3 is 2.40 bits per heavy atom. The van der Waals surface area contributed by atoms with Crippen LogP contribution in [0.1, 0.15) is 28.5 Å². The average Bonchev–Trinajstić information content (AvgIpc) is 2.53. The van der Waals surface area contributed by atoms with E-state index in [1.165, 1.54) is 19.1 Å². The molecule has 1 amide bonds. The molecule has 5 heteroatoms. The Kier molecular flexibility index (Phi) is 4.31. The number of aryl methyl sites for hydroxylation is 1. The second-order valence-corrected chi connectivity index (χ2v) is 6.07. The summed E-state index contributed by atoms with van der Waals surface area (Å²) >= 11 is 0. The predicted molar refractivity (Wildman–Crippen MR) is 94.8 cm³/mol. The second kappa shape index (κ2) is 6.43. The molecule has 0 bridgehead atoms. The number of aromatic nitrogens is 1. The Morgan fingerprint density at radius 1 is 1.12 bits per heavy atom. The van der Waals surface area contributed by atoms with Gasteiger partial charge >= 0.3 is 0 Å². The van der Waals surface area contributed by atoms with E-state index in [1.54, 1.807) is 12.1 Å². The summed E-state index contributed by atoms with van der Waals surface area (Å²) in [7, 11) is 0. The summed E-state index contributed by atoms with van der Waals surface area (Å²) in [5.41, 5.74) is 9.34. The molecule has 0 spiro atoms. The number of fused-ring (bicyclic) bond motifs is 1. The normalized spacial score (nSPS) is 10.8. The van der Waals surface area contributed by atoms with Gasteiger partial charge in [-0.1, -0.05) is 12.1 Å². The Hall–Kier alpha value is -3.08. The van der Waals surface area contributed by atoms with E-state index < -0.39 is 5.91 Å². The third-order valence-corrected chi connectivity index (χ3v) is 4.03. The van der Waals surface area contributed by atoms with E-state index in [2.05, 4.69) is 4.98 Å². The third kappa shape index (κ3) is 3.40.